The lowest BCUT2D eigenvalue weighted by molar-refractivity contribution is -0.870. The molecule has 0 aromatic carbocycles. The van der Waals surface area contributed by atoms with Crippen molar-refractivity contribution < 1.29 is 37.3 Å². The van der Waals surface area contributed by atoms with Gasteiger partial charge in [0.25, 0.3) is 7.82 Å². The predicted octanol–water partition coefficient (Wildman–Crippen LogP) is 19.4. The van der Waals surface area contributed by atoms with Crippen molar-refractivity contribution in [1.29, 1.82) is 0 Å². The number of quaternary nitrogens is 1. The quantitative estimate of drug-likeness (QED) is 0.0212. The van der Waals surface area contributed by atoms with Gasteiger partial charge in [-0.15, -0.1) is 0 Å². The van der Waals surface area contributed by atoms with Crippen LogP contribution in [0.2, 0.25) is 0 Å². The summed E-state index contributed by atoms with van der Waals surface area (Å²) < 4.78 is 30.3. The number of carbonyl (C=O) groups excluding carboxylic acids is 2. The molecule has 9 nitrogen and oxygen atoms in total. The van der Waals surface area contributed by atoms with Crippen molar-refractivity contribution in [2.24, 2.45) is 0 Å². The van der Waals surface area contributed by atoms with Crippen LogP contribution in [0.25, 0.3) is 0 Å². The highest BCUT2D eigenvalue weighted by Gasteiger charge is 2.27. The van der Waals surface area contributed by atoms with E-state index in [1.807, 2.05) is 39.4 Å². The molecular formula is C70H119N2O7P. The number of allylic oxidation sites excluding steroid dienone is 21. The Morgan fingerprint density at radius 1 is 0.450 bits per heavy atom. The van der Waals surface area contributed by atoms with Crippen molar-refractivity contribution in [3.05, 3.63) is 134 Å². The first-order valence-corrected chi connectivity index (χ1v) is 33.5. The monoisotopic (exact) mass is 1130 g/mol. The number of hydrogen-bond acceptors (Lipinski definition) is 7. The van der Waals surface area contributed by atoms with Gasteiger partial charge in [0, 0.05) is 12.8 Å². The van der Waals surface area contributed by atoms with Gasteiger partial charge in [0.2, 0.25) is 5.91 Å². The summed E-state index contributed by atoms with van der Waals surface area (Å²) in [6, 6.07) is -0.935. The molecule has 456 valence electrons. The fourth-order valence-electron chi connectivity index (χ4n) is 8.41. The highest BCUT2D eigenvalue weighted by atomic mass is 31.2. The van der Waals surface area contributed by atoms with E-state index in [4.69, 9.17) is 13.8 Å². The smallest absolute Gasteiger partial charge is 0.306 e. The molecule has 0 aliphatic rings. The van der Waals surface area contributed by atoms with Crippen molar-refractivity contribution in [3.8, 4) is 0 Å². The fourth-order valence-corrected chi connectivity index (χ4v) is 9.14. The number of nitrogens with one attached hydrogen (secondary N) is 1. The normalized spacial score (nSPS) is 14.5. The van der Waals surface area contributed by atoms with E-state index < -0.39 is 32.5 Å². The van der Waals surface area contributed by atoms with Crippen molar-refractivity contribution in [1.82, 2.24) is 5.32 Å². The number of nitrogens with zero attached hydrogens (tertiary/aromatic N) is 1. The van der Waals surface area contributed by atoms with Gasteiger partial charge in [0.15, 0.2) is 0 Å². The molecule has 0 bridgehead atoms. The Hall–Kier alpha value is -3.85. The van der Waals surface area contributed by atoms with Crippen LogP contribution in [0.1, 0.15) is 245 Å². The molecule has 0 aliphatic carbocycles. The van der Waals surface area contributed by atoms with Crippen LogP contribution >= 0.6 is 7.82 Å². The van der Waals surface area contributed by atoms with Crippen LogP contribution in [0.5, 0.6) is 0 Å². The minimum atomic E-state index is -4.73. The highest BCUT2D eigenvalue weighted by Crippen LogP contribution is 2.38. The Morgan fingerprint density at radius 2 is 0.812 bits per heavy atom. The molecular weight excluding hydrogens is 1010 g/mol. The number of ether oxygens (including phenoxy) is 1. The Kier molecular flexibility index (Phi) is 55.5. The molecule has 10 heteroatoms. The maximum atomic E-state index is 13.6. The van der Waals surface area contributed by atoms with Gasteiger partial charge in [0.05, 0.1) is 33.8 Å². The maximum Gasteiger partial charge on any atom is 0.306 e. The standard InChI is InChI=1S/C70H119N2O7P/c1-7-10-13-16-19-22-25-28-30-32-34-35-36-37-39-40-42-44-47-50-53-56-59-62-69(73)71-67(66-78-80(75,76)77-65-64-72(4,5)6)68(61-58-55-52-49-46-27-24-21-18-15-12-9-3)79-70(74)63-60-57-54-51-48-45-43-41-38-33-31-29-26-23-20-17-14-11-8-2/h11,14,19-20,22-23,28-31,34-35,37-39,41,45,48,54,57-58,61,67-68H,7-10,12-13,15-18,21,24-27,32-33,36,40,42-44,46-47,49-53,55-56,59-60,62-66H2,1-6H3,(H-,71,73,75,76)/b14-11-,22-19-,23-20-,30-28-,31-29-,35-34-,39-37-,41-38-,48-45-,57-54-,61-58-. The molecule has 3 unspecified atom stereocenters. The third-order valence-electron chi connectivity index (χ3n) is 13.3. The first-order valence-electron chi connectivity index (χ1n) is 32.0. The number of hydrogen-bond donors (Lipinski definition) is 1. The van der Waals surface area contributed by atoms with Crippen LogP contribution < -0.4 is 10.2 Å². The van der Waals surface area contributed by atoms with Gasteiger partial charge in [-0.1, -0.05) is 251 Å². The van der Waals surface area contributed by atoms with Crippen LogP contribution in [0.15, 0.2) is 134 Å². The third kappa shape index (κ3) is 58.8. The molecule has 0 fully saturated rings. The van der Waals surface area contributed by atoms with E-state index in [-0.39, 0.29) is 25.4 Å². The number of rotatable bonds is 56. The Bertz CT molecular complexity index is 1830. The zero-order valence-corrected chi connectivity index (χ0v) is 52.9. The molecule has 0 heterocycles. The van der Waals surface area contributed by atoms with E-state index >= 15 is 0 Å². The number of esters is 1. The van der Waals surface area contributed by atoms with Crippen LogP contribution in [-0.4, -0.2) is 69.4 Å². The summed E-state index contributed by atoms with van der Waals surface area (Å²) in [5.41, 5.74) is 0. The summed E-state index contributed by atoms with van der Waals surface area (Å²) in [5, 5.41) is 3.00. The topological polar surface area (TPSA) is 114 Å². The van der Waals surface area contributed by atoms with Gasteiger partial charge in [-0.25, -0.2) is 0 Å². The summed E-state index contributed by atoms with van der Waals surface area (Å²) in [6.45, 7) is 6.63. The zero-order chi connectivity index (χ0) is 58.6. The predicted molar refractivity (Wildman–Crippen MR) is 343 cm³/mol. The lowest BCUT2D eigenvalue weighted by Gasteiger charge is -2.30. The second-order valence-electron chi connectivity index (χ2n) is 22.2. The number of phosphoric ester groups is 1. The molecule has 0 aromatic rings. The SMILES string of the molecule is CC/C=C\C/C=C\C/C=C\C/C=C\C/C=C\C/C=C\CCC(=O)OC(/C=C\CCCCCCCCCCCC)C(COP(=O)([O-])OCC[N+](C)(C)C)NC(=O)CCCCCCCCC/C=C\C/C=C\C/C=C\C/C=C\CCCCC. The van der Waals surface area contributed by atoms with Gasteiger partial charge in [-0.3, -0.25) is 14.2 Å². The number of unbranched alkanes of at least 4 members (excludes halogenated alkanes) is 20. The molecule has 0 spiro atoms. The van der Waals surface area contributed by atoms with Gasteiger partial charge in [0.1, 0.15) is 19.3 Å². The first-order chi connectivity index (χ1) is 38.9. The molecule has 0 aliphatic heterocycles. The molecule has 0 radical (unpaired) electrons. The van der Waals surface area contributed by atoms with Crippen LogP contribution in [0, 0.1) is 0 Å². The van der Waals surface area contributed by atoms with Gasteiger partial charge < -0.3 is 28.5 Å². The summed E-state index contributed by atoms with van der Waals surface area (Å²) in [5.74, 6) is -0.660. The minimum absolute atomic E-state index is 0.0432. The summed E-state index contributed by atoms with van der Waals surface area (Å²) in [7, 11) is 1.12. The largest absolute Gasteiger partial charge is 0.756 e. The second-order valence-corrected chi connectivity index (χ2v) is 23.6. The third-order valence-corrected chi connectivity index (χ3v) is 14.3. The Labute approximate surface area is 492 Å². The van der Waals surface area contributed by atoms with Gasteiger partial charge in [-0.05, 0) is 115 Å². The van der Waals surface area contributed by atoms with E-state index in [0.29, 0.717) is 23.9 Å². The molecule has 0 rings (SSSR count). The number of amides is 1. The van der Waals surface area contributed by atoms with Crippen molar-refractivity contribution in [2.75, 3.05) is 40.9 Å². The van der Waals surface area contributed by atoms with Crippen molar-refractivity contribution in [2.45, 2.75) is 258 Å². The van der Waals surface area contributed by atoms with Crippen LogP contribution in [0.3, 0.4) is 0 Å². The summed E-state index contributed by atoms with van der Waals surface area (Å²) in [4.78, 5) is 40.0. The van der Waals surface area contributed by atoms with E-state index in [1.165, 1.54) is 96.3 Å². The van der Waals surface area contributed by atoms with Gasteiger partial charge in [-0.2, -0.15) is 0 Å². The van der Waals surface area contributed by atoms with E-state index in [9.17, 15) is 19.0 Å². The fraction of sp³-hybridized carbons (Fsp3) is 0.657. The van der Waals surface area contributed by atoms with Crippen molar-refractivity contribution in [3.63, 3.8) is 0 Å². The summed E-state index contributed by atoms with van der Waals surface area (Å²) in [6.07, 6.45) is 82.9. The first kappa shape index (κ1) is 76.1. The minimum Gasteiger partial charge on any atom is -0.756 e. The average molecular weight is 1130 g/mol. The highest BCUT2D eigenvalue weighted by molar-refractivity contribution is 7.45. The number of likely N-dealkylation sites (N-methyl/N-ethyl adjacent to an activating group) is 1. The lowest BCUT2D eigenvalue weighted by atomic mass is 10.0. The average Bonchev–Trinajstić information content (AvgIpc) is 3.43. The molecule has 80 heavy (non-hydrogen) atoms. The second kappa shape index (κ2) is 58.4. The Morgan fingerprint density at radius 3 is 1.25 bits per heavy atom. The number of carbonyl (C=O) groups is 2. The zero-order valence-electron chi connectivity index (χ0n) is 52.0. The van der Waals surface area contributed by atoms with Crippen LogP contribution in [-0.2, 0) is 27.9 Å². The molecule has 3 atom stereocenters. The lowest BCUT2D eigenvalue weighted by Crippen LogP contribution is -2.47. The van der Waals surface area contributed by atoms with E-state index in [0.717, 1.165) is 103 Å². The Balaban J connectivity index is 5.35. The van der Waals surface area contributed by atoms with E-state index in [2.05, 4.69) is 135 Å². The van der Waals surface area contributed by atoms with E-state index in [1.54, 1.807) is 6.08 Å². The summed E-state index contributed by atoms with van der Waals surface area (Å²) >= 11 is 0. The van der Waals surface area contributed by atoms with Crippen LogP contribution in [0.4, 0.5) is 0 Å². The molecule has 0 aromatic heterocycles. The molecule has 1 N–H and O–H groups in total. The maximum absolute atomic E-state index is 13.6. The van der Waals surface area contributed by atoms with Crippen molar-refractivity contribution >= 4 is 19.7 Å². The molecule has 0 saturated carbocycles. The number of phosphoric acid groups is 1. The molecule has 1 amide bonds. The van der Waals surface area contributed by atoms with Gasteiger partial charge >= 0.3 is 5.97 Å². The molecule has 0 saturated heterocycles.